The molecule has 3 amide bonds. The number of hydrogen-bond donors (Lipinski definition) is 4. The van der Waals surface area contributed by atoms with E-state index in [1.54, 1.807) is 13.1 Å². The lowest BCUT2D eigenvalue weighted by Crippen LogP contribution is -2.39. The largest absolute Gasteiger partial charge is 0.416 e. The molecule has 0 bridgehead atoms. The number of hydrogen-bond acceptors (Lipinski definition) is 7. The van der Waals surface area contributed by atoms with Crippen LogP contribution in [0.3, 0.4) is 0 Å². The van der Waals surface area contributed by atoms with Crippen molar-refractivity contribution in [2.75, 3.05) is 12.3 Å². The molecule has 2 saturated carbocycles. The van der Waals surface area contributed by atoms with Crippen LogP contribution in [0.15, 0.2) is 71.7 Å². The molecule has 2 aromatic carbocycles. The van der Waals surface area contributed by atoms with E-state index in [9.17, 15) is 40.4 Å². The molecule has 55 heavy (non-hydrogen) atoms. The molecule has 3 fully saturated rings. The van der Waals surface area contributed by atoms with E-state index in [-0.39, 0.29) is 35.4 Å². The monoisotopic (exact) mass is 793 g/mol. The van der Waals surface area contributed by atoms with Gasteiger partial charge in [0.15, 0.2) is 0 Å². The number of sulfonamides is 1. The third-order valence-electron chi connectivity index (χ3n) is 9.71. The number of nitrogen functional groups attached to an aromatic ring is 1. The van der Waals surface area contributed by atoms with Gasteiger partial charge in [-0.25, -0.2) is 12.8 Å². The average molecular weight is 794 g/mol. The van der Waals surface area contributed by atoms with Gasteiger partial charge in [0.05, 0.1) is 10.3 Å². The Labute approximate surface area is 319 Å². The van der Waals surface area contributed by atoms with Crippen LogP contribution in [0.4, 0.5) is 23.2 Å². The minimum atomic E-state index is -4.55. The van der Waals surface area contributed by atoms with Crippen LogP contribution < -0.4 is 21.7 Å². The summed E-state index contributed by atoms with van der Waals surface area (Å²) in [5.41, 5.74) is 7.85. The van der Waals surface area contributed by atoms with E-state index in [1.165, 1.54) is 0 Å². The minimum absolute atomic E-state index is 0.0249. The molecule has 1 aromatic heterocycles. The first-order chi connectivity index (χ1) is 25.9. The lowest BCUT2D eigenvalue weighted by Gasteiger charge is -2.21. The Kier molecular flexibility index (Phi) is 16.5. The Hall–Kier alpha value is -4.73. The van der Waals surface area contributed by atoms with Crippen LogP contribution in [0.2, 0.25) is 0 Å². The van der Waals surface area contributed by atoms with E-state index in [1.807, 2.05) is 35.2 Å². The van der Waals surface area contributed by atoms with Crippen LogP contribution in [-0.2, 0) is 30.6 Å². The van der Waals surface area contributed by atoms with Crippen LogP contribution in [0.5, 0.6) is 0 Å². The second-order valence-corrected chi connectivity index (χ2v) is 16.4. The fourth-order valence-corrected chi connectivity index (χ4v) is 7.33. The summed E-state index contributed by atoms with van der Waals surface area (Å²) in [5, 5.41) is 1.73. The number of allylic oxidation sites excluding steroid dienone is 2. The number of carbonyl (C=O) groups is 3. The first kappa shape index (κ1) is 44.7. The third kappa shape index (κ3) is 14.1. The third-order valence-corrected chi connectivity index (χ3v) is 11.9. The zero-order valence-electron chi connectivity index (χ0n) is 31.1. The number of halogens is 4. The van der Waals surface area contributed by atoms with Crippen LogP contribution in [-0.4, -0.2) is 53.9 Å². The highest BCUT2D eigenvalue weighted by molar-refractivity contribution is 7.91. The zero-order chi connectivity index (χ0) is 40.8. The van der Waals surface area contributed by atoms with Gasteiger partial charge in [-0.05, 0) is 107 Å². The van der Waals surface area contributed by atoms with Crippen molar-refractivity contribution in [3.63, 3.8) is 0 Å². The van der Waals surface area contributed by atoms with E-state index in [4.69, 9.17) is 10.5 Å². The molecule has 1 aliphatic heterocycles. The van der Waals surface area contributed by atoms with Crippen molar-refractivity contribution < 1.29 is 40.4 Å². The summed E-state index contributed by atoms with van der Waals surface area (Å²) in [7, 11) is -3.52. The maximum atomic E-state index is 12.4. The summed E-state index contributed by atoms with van der Waals surface area (Å²) in [6, 6.07) is 11.7. The molecule has 3 unspecified atom stereocenters. The average Bonchev–Trinajstić information content (AvgIpc) is 4.03. The number of H-pyrrole nitrogens is 1. The van der Waals surface area contributed by atoms with Crippen LogP contribution in [0, 0.1) is 17.7 Å². The molecule has 3 aliphatic rings. The number of nitrogens with zero attached hydrogens (tertiary/aromatic N) is 1. The number of primary amides is 1. The van der Waals surface area contributed by atoms with Crippen molar-refractivity contribution in [2.45, 2.75) is 101 Å². The number of aromatic nitrogens is 1. The van der Waals surface area contributed by atoms with Crippen molar-refractivity contribution in [2.24, 2.45) is 17.6 Å². The molecule has 6 N–H and O–H groups in total. The Morgan fingerprint density at radius 2 is 1.75 bits per heavy atom. The smallest absolute Gasteiger partial charge is 0.399 e. The highest BCUT2D eigenvalue weighted by atomic mass is 32.2. The summed E-state index contributed by atoms with van der Waals surface area (Å²) in [6.07, 6.45) is 11.7. The Morgan fingerprint density at radius 3 is 2.35 bits per heavy atom. The van der Waals surface area contributed by atoms with Gasteiger partial charge in [-0.2, -0.15) is 13.2 Å². The van der Waals surface area contributed by atoms with Crippen molar-refractivity contribution in [1.29, 1.82) is 0 Å². The van der Waals surface area contributed by atoms with Crippen LogP contribution >= 0.6 is 0 Å². The molecule has 1 saturated heterocycles. The normalized spacial score (nSPS) is 19.5. The van der Waals surface area contributed by atoms with Gasteiger partial charge in [0.25, 0.3) is 5.56 Å². The number of alkyl halides is 3. The number of carbonyl (C=O) groups excluding carboxylic acids is 3. The molecule has 302 valence electrons. The fraction of sp³-hybridized carbons (Fsp3) is 0.487. The predicted octanol–water partition coefficient (Wildman–Crippen LogP) is 6.59. The van der Waals surface area contributed by atoms with Crippen molar-refractivity contribution >= 4 is 44.7 Å². The first-order valence-corrected chi connectivity index (χ1v) is 19.8. The minimum Gasteiger partial charge on any atom is -0.399 e. The Morgan fingerprint density at radius 1 is 1.07 bits per heavy atom. The SMILES string of the molecule is CC1CCCN1C(=O)CCCCCC/C=C\C1CC1C(=O)NS(=O)(=O)C1(C)CC1.NC=O.Nc1cc(F)cc(C(F)(F)F)c1.O=c1[nH]ccc2ccccc12. The van der Waals surface area contributed by atoms with Crippen molar-refractivity contribution in [3.05, 3.63) is 88.6 Å². The van der Waals surface area contributed by atoms with Gasteiger partial charge >= 0.3 is 6.18 Å². The number of nitrogens with one attached hydrogen (secondary N) is 2. The number of unbranched alkanes of at least 4 members (excludes halogenated alkanes) is 4. The lowest BCUT2D eigenvalue weighted by atomic mass is 10.1. The second-order valence-electron chi connectivity index (χ2n) is 14.2. The lowest BCUT2D eigenvalue weighted by molar-refractivity contribution is -0.137. The van der Waals surface area contributed by atoms with Gasteiger partial charge in [-0.3, -0.25) is 23.9 Å². The number of aromatic amines is 1. The number of nitrogens with two attached hydrogens (primary N) is 2. The molecule has 11 nitrogen and oxygen atoms in total. The molecule has 16 heteroatoms. The van der Waals surface area contributed by atoms with E-state index >= 15 is 0 Å². The van der Waals surface area contributed by atoms with Crippen LogP contribution in [0.25, 0.3) is 10.8 Å². The number of likely N-dealkylation sites (tertiary alicyclic amines) is 1. The summed E-state index contributed by atoms with van der Waals surface area (Å²) in [6.45, 7) is 4.75. The molecule has 0 radical (unpaired) electrons. The molecule has 0 spiro atoms. The number of benzene rings is 2. The Bertz CT molecular complexity index is 1920. The highest BCUT2D eigenvalue weighted by Crippen LogP contribution is 2.44. The Balaban J connectivity index is 0.000000254. The van der Waals surface area contributed by atoms with E-state index in [0.29, 0.717) is 43.3 Å². The standard InChI is InChI=1S/C22H36N2O4S.C9H7NO.C7H5F4N.CH3NO/c1-17-10-9-15-24(17)20(25)12-8-6-4-3-5-7-11-18-16-19(18)21(26)23-29(27,28)22(2)13-14-22;11-9-8-4-2-1-3-7(8)5-6-10-9;8-5-1-4(7(9,10)11)2-6(12)3-5;2-1-3/h7,11,17-19H,3-6,8-10,12-16H2,1-2H3,(H,23,26);1-6H,(H,10,11);1-3H,12H2;1H,(H2,2,3)/b11-7-;;;. The molecular weight excluding hydrogens is 743 g/mol. The van der Waals surface area contributed by atoms with Crippen molar-refractivity contribution in [3.8, 4) is 0 Å². The summed E-state index contributed by atoms with van der Waals surface area (Å²) in [4.78, 5) is 48.6. The van der Waals surface area contributed by atoms with E-state index in [0.717, 1.165) is 74.8 Å². The van der Waals surface area contributed by atoms with Gasteiger partial charge < -0.3 is 21.4 Å². The summed E-state index contributed by atoms with van der Waals surface area (Å²) >= 11 is 0. The number of pyridine rings is 1. The number of fused-ring (bicyclic) bond motifs is 1. The molecule has 2 heterocycles. The first-order valence-electron chi connectivity index (χ1n) is 18.3. The van der Waals surface area contributed by atoms with E-state index in [2.05, 4.69) is 34.5 Å². The fourth-order valence-electron chi connectivity index (χ4n) is 6.03. The molecule has 3 aromatic rings. The predicted molar refractivity (Wildman–Crippen MR) is 204 cm³/mol. The van der Waals surface area contributed by atoms with Crippen LogP contribution in [0.1, 0.15) is 90.0 Å². The zero-order valence-corrected chi connectivity index (χ0v) is 31.9. The maximum Gasteiger partial charge on any atom is 0.416 e. The van der Waals surface area contributed by atoms with Gasteiger partial charge in [-0.1, -0.05) is 43.2 Å². The second kappa shape index (κ2) is 20.3. The van der Waals surface area contributed by atoms with Gasteiger partial charge in [0.1, 0.15) is 5.82 Å². The van der Waals surface area contributed by atoms with Gasteiger partial charge in [0, 0.05) is 42.2 Å². The molecule has 3 atom stereocenters. The van der Waals surface area contributed by atoms with Crippen molar-refractivity contribution in [1.82, 2.24) is 14.6 Å². The summed E-state index contributed by atoms with van der Waals surface area (Å²) < 4.78 is 73.9. The molecule has 2 aliphatic carbocycles. The highest BCUT2D eigenvalue weighted by Gasteiger charge is 2.52. The molecular formula is C39H51F4N5O6S. The molecule has 6 rings (SSSR count). The quantitative estimate of drug-likeness (QED) is 0.0555. The summed E-state index contributed by atoms with van der Waals surface area (Å²) in [5.74, 6) is -1.03. The topological polar surface area (TPSA) is 186 Å². The van der Waals surface area contributed by atoms with Gasteiger partial charge in [0.2, 0.25) is 28.2 Å². The van der Waals surface area contributed by atoms with E-state index < -0.39 is 32.3 Å². The number of anilines is 1. The number of rotatable bonds is 11. The number of amides is 3. The van der Waals surface area contributed by atoms with Gasteiger partial charge in [-0.15, -0.1) is 0 Å². The maximum absolute atomic E-state index is 12.4.